The van der Waals surface area contributed by atoms with E-state index in [1.165, 1.54) is 6.07 Å². The molecule has 18 heavy (non-hydrogen) atoms. The molecule has 3 nitrogen and oxygen atoms in total. The van der Waals surface area contributed by atoms with E-state index in [4.69, 9.17) is 0 Å². The lowest BCUT2D eigenvalue weighted by Crippen LogP contribution is -1.98. The standard InChI is InChI=1S/C14H11FN2O/c15-12-6-2-1-4-10(12)8-13-16-9-11-5-3-7-14(18)17(11)13/h1-7,9,18H,8H2. The Balaban J connectivity index is 2.09. The lowest BCUT2D eigenvalue weighted by atomic mass is 10.1. The number of fused-ring (bicyclic) bond motifs is 1. The molecule has 1 aromatic carbocycles. The van der Waals surface area contributed by atoms with E-state index >= 15 is 0 Å². The van der Waals surface area contributed by atoms with Crippen LogP contribution in [0.15, 0.2) is 48.7 Å². The van der Waals surface area contributed by atoms with Crippen molar-refractivity contribution >= 4 is 5.52 Å². The van der Waals surface area contributed by atoms with Crippen LogP contribution < -0.4 is 0 Å². The van der Waals surface area contributed by atoms with Crippen molar-refractivity contribution in [3.8, 4) is 5.88 Å². The zero-order valence-electron chi connectivity index (χ0n) is 9.55. The minimum Gasteiger partial charge on any atom is -0.494 e. The molecule has 0 atom stereocenters. The largest absolute Gasteiger partial charge is 0.494 e. The Kier molecular flexibility index (Phi) is 2.48. The highest BCUT2D eigenvalue weighted by atomic mass is 19.1. The Morgan fingerprint density at radius 3 is 2.78 bits per heavy atom. The number of imidazole rings is 1. The highest BCUT2D eigenvalue weighted by Crippen LogP contribution is 2.19. The van der Waals surface area contributed by atoms with Crippen LogP contribution in [0.25, 0.3) is 5.52 Å². The maximum Gasteiger partial charge on any atom is 0.197 e. The summed E-state index contributed by atoms with van der Waals surface area (Å²) in [5.74, 6) is 0.467. The normalized spacial score (nSPS) is 10.9. The first-order valence-corrected chi connectivity index (χ1v) is 5.63. The van der Waals surface area contributed by atoms with Gasteiger partial charge in [-0.05, 0) is 23.8 Å². The molecule has 0 spiro atoms. The predicted octanol–water partition coefficient (Wildman–Crippen LogP) is 2.77. The highest BCUT2D eigenvalue weighted by Gasteiger charge is 2.09. The summed E-state index contributed by atoms with van der Waals surface area (Å²) in [4.78, 5) is 4.23. The van der Waals surface area contributed by atoms with Crippen LogP contribution in [0.2, 0.25) is 0 Å². The number of halogens is 1. The molecule has 0 saturated carbocycles. The van der Waals surface area contributed by atoms with E-state index in [0.717, 1.165) is 5.52 Å². The fourth-order valence-electron chi connectivity index (χ4n) is 2.03. The van der Waals surface area contributed by atoms with Crippen molar-refractivity contribution < 1.29 is 9.50 Å². The van der Waals surface area contributed by atoms with Crippen LogP contribution in [0, 0.1) is 5.82 Å². The molecule has 0 aliphatic rings. The van der Waals surface area contributed by atoms with Gasteiger partial charge in [0.05, 0.1) is 11.7 Å². The van der Waals surface area contributed by atoms with Gasteiger partial charge >= 0.3 is 0 Å². The van der Waals surface area contributed by atoms with Gasteiger partial charge in [-0.3, -0.25) is 4.40 Å². The maximum absolute atomic E-state index is 13.6. The highest BCUT2D eigenvalue weighted by molar-refractivity contribution is 5.49. The minimum atomic E-state index is -0.260. The van der Waals surface area contributed by atoms with Crippen LogP contribution in [0.5, 0.6) is 5.88 Å². The van der Waals surface area contributed by atoms with E-state index in [9.17, 15) is 9.50 Å². The number of rotatable bonds is 2. The zero-order valence-corrected chi connectivity index (χ0v) is 9.55. The van der Waals surface area contributed by atoms with E-state index in [-0.39, 0.29) is 11.7 Å². The van der Waals surface area contributed by atoms with Gasteiger partial charge in [-0.1, -0.05) is 24.3 Å². The molecule has 90 valence electrons. The van der Waals surface area contributed by atoms with Gasteiger partial charge in [0, 0.05) is 6.42 Å². The van der Waals surface area contributed by atoms with Crippen LogP contribution in [-0.4, -0.2) is 14.5 Å². The van der Waals surface area contributed by atoms with E-state index in [1.807, 2.05) is 6.07 Å². The first-order chi connectivity index (χ1) is 8.75. The Labute approximate surface area is 103 Å². The summed E-state index contributed by atoms with van der Waals surface area (Å²) in [5, 5.41) is 9.82. The topological polar surface area (TPSA) is 37.5 Å². The quantitative estimate of drug-likeness (QED) is 0.750. The third-order valence-electron chi connectivity index (χ3n) is 2.91. The van der Waals surface area contributed by atoms with Gasteiger partial charge in [-0.25, -0.2) is 9.37 Å². The molecule has 0 saturated heterocycles. The molecule has 0 radical (unpaired) electrons. The molecule has 3 rings (SSSR count). The lowest BCUT2D eigenvalue weighted by molar-refractivity contribution is 0.443. The van der Waals surface area contributed by atoms with E-state index in [1.54, 1.807) is 40.9 Å². The van der Waals surface area contributed by atoms with E-state index in [2.05, 4.69) is 4.98 Å². The summed E-state index contributed by atoms with van der Waals surface area (Å²) in [6, 6.07) is 11.8. The first-order valence-electron chi connectivity index (χ1n) is 5.63. The molecule has 3 aromatic rings. The third kappa shape index (κ3) is 1.72. The molecule has 0 aliphatic heterocycles. The number of aromatic hydroxyl groups is 1. The van der Waals surface area contributed by atoms with Crippen molar-refractivity contribution in [2.45, 2.75) is 6.42 Å². The van der Waals surface area contributed by atoms with Crippen molar-refractivity contribution in [1.82, 2.24) is 9.38 Å². The molecular weight excluding hydrogens is 231 g/mol. The second kappa shape index (κ2) is 4.14. The monoisotopic (exact) mass is 242 g/mol. The minimum absolute atomic E-state index is 0.108. The lowest BCUT2D eigenvalue weighted by Gasteiger charge is -2.04. The van der Waals surface area contributed by atoms with Crippen molar-refractivity contribution in [2.75, 3.05) is 0 Å². The van der Waals surface area contributed by atoms with Crippen LogP contribution in [0.3, 0.4) is 0 Å². The maximum atomic E-state index is 13.6. The number of hydrogen-bond donors (Lipinski definition) is 1. The second-order valence-electron chi connectivity index (χ2n) is 4.09. The zero-order chi connectivity index (χ0) is 12.5. The van der Waals surface area contributed by atoms with Gasteiger partial charge < -0.3 is 5.11 Å². The summed E-state index contributed by atoms with van der Waals surface area (Å²) in [6.45, 7) is 0. The molecule has 1 N–H and O–H groups in total. The molecular formula is C14H11FN2O. The molecule has 0 unspecified atom stereocenters. The van der Waals surface area contributed by atoms with Gasteiger partial charge in [-0.15, -0.1) is 0 Å². The molecule has 4 heteroatoms. The number of pyridine rings is 1. The molecule has 0 aliphatic carbocycles. The summed E-state index contributed by atoms with van der Waals surface area (Å²) in [6.07, 6.45) is 2.01. The molecule has 2 heterocycles. The summed E-state index contributed by atoms with van der Waals surface area (Å²) in [5.41, 5.74) is 1.36. The Morgan fingerprint density at radius 1 is 1.11 bits per heavy atom. The average molecular weight is 242 g/mol. The first kappa shape index (κ1) is 10.8. The van der Waals surface area contributed by atoms with Crippen LogP contribution in [0.1, 0.15) is 11.4 Å². The van der Waals surface area contributed by atoms with Crippen molar-refractivity contribution in [1.29, 1.82) is 0 Å². The van der Waals surface area contributed by atoms with E-state index < -0.39 is 0 Å². The Hall–Kier alpha value is -2.36. The van der Waals surface area contributed by atoms with Gasteiger partial charge in [0.15, 0.2) is 5.88 Å². The number of hydrogen-bond acceptors (Lipinski definition) is 2. The molecule has 2 aromatic heterocycles. The van der Waals surface area contributed by atoms with Gasteiger partial charge in [0.2, 0.25) is 0 Å². The summed E-state index contributed by atoms with van der Waals surface area (Å²) in [7, 11) is 0. The van der Waals surface area contributed by atoms with Gasteiger partial charge in [0.1, 0.15) is 11.6 Å². The fraction of sp³-hybridized carbons (Fsp3) is 0.0714. The van der Waals surface area contributed by atoms with Crippen molar-refractivity contribution in [3.05, 3.63) is 65.9 Å². The Bertz CT molecular complexity index is 706. The Morgan fingerprint density at radius 2 is 1.94 bits per heavy atom. The average Bonchev–Trinajstić information content (AvgIpc) is 2.77. The second-order valence-corrected chi connectivity index (χ2v) is 4.09. The van der Waals surface area contributed by atoms with Crippen molar-refractivity contribution in [2.24, 2.45) is 0 Å². The fourth-order valence-corrected chi connectivity index (χ4v) is 2.03. The third-order valence-corrected chi connectivity index (χ3v) is 2.91. The molecule has 0 fully saturated rings. The predicted molar refractivity (Wildman–Crippen MR) is 66.1 cm³/mol. The van der Waals surface area contributed by atoms with Crippen LogP contribution in [0.4, 0.5) is 4.39 Å². The summed E-state index contributed by atoms with van der Waals surface area (Å²) < 4.78 is 15.2. The van der Waals surface area contributed by atoms with E-state index in [0.29, 0.717) is 17.8 Å². The van der Waals surface area contributed by atoms with Crippen LogP contribution in [-0.2, 0) is 6.42 Å². The smallest absolute Gasteiger partial charge is 0.197 e. The van der Waals surface area contributed by atoms with Crippen LogP contribution >= 0.6 is 0 Å². The van der Waals surface area contributed by atoms with Gasteiger partial charge in [-0.2, -0.15) is 0 Å². The summed E-state index contributed by atoms with van der Waals surface area (Å²) >= 11 is 0. The van der Waals surface area contributed by atoms with Crippen molar-refractivity contribution in [3.63, 3.8) is 0 Å². The number of benzene rings is 1. The molecule has 0 amide bonds. The van der Waals surface area contributed by atoms with Gasteiger partial charge in [0.25, 0.3) is 0 Å². The number of nitrogens with zero attached hydrogens (tertiary/aromatic N) is 2. The molecule has 0 bridgehead atoms. The number of aromatic nitrogens is 2. The SMILES string of the molecule is Oc1cccc2cnc(Cc3ccccc3F)n12.